The van der Waals surface area contributed by atoms with Crippen LogP contribution in [0.25, 0.3) is 0 Å². The fourth-order valence-electron chi connectivity index (χ4n) is 5.27. The molecule has 2 bridgehead atoms. The molecule has 0 aromatic rings. The van der Waals surface area contributed by atoms with E-state index in [1.165, 1.54) is 32.1 Å². The lowest BCUT2D eigenvalue weighted by Crippen LogP contribution is -2.37. The lowest BCUT2D eigenvalue weighted by molar-refractivity contribution is -0.201. The Morgan fingerprint density at radius 3 is 2.50 bits per heavy atom. The van der Waals surface area contributed by atoms with Crippen molar-refractivity contribution in [2.24, 2.45) is 29.1 Å². The SMILES string of the molecule is CCC(C)(CC)C(=O)OC(C)OC1CC2CC1C1CCCC21. The third-order valence-corrected chi connectivity index (χ3v) is 7.06. The summed E-state index contributed by atoms with van der Waals surface area (Å²) in [6, 6.07) is 0. The minimum absolute atomic E-state index is 0.105. The third-order valence-electron chi connectivity index (χ3n) is 7.06. The molecule has 3 rings (SSSR count). The van der Waals surface area contributed by atoms with Gasteiger partial charge in [0.1, 0.15) is 0 Å². The van der Waals surface area contributed by atoms with E-state index < -0.39 is 6.29 Å². The Morgan fingerprint density at radius 1 is 1.14 bits per heavy atom. The van der Waals surface area contributed by atoms with E-state index in [-0.39, 0.29) is 11.4 Å². The zero-order chi connectivity index (χ0) is 15.9. The summed E-state index contributed by atoms with van der Waals surface area (Å²) in [5.74, 6) is 3.37. The number of carbonyl (C=O) groups excluding carboxylic acids is 1. The lowest BCUT2D eigenvalue weighted by atomic mass is 9.80. The van der Waals surface area contributed by atoms with Crippen LogP contribution in [0.3, 0.4) is 0 Å². The van der Waals surface area contributed by atoms with Crippen LogP contribution in [0, 0.1) is 29.1 Å². The summed E-state index contributed by atoms with van der Waals surface area (Å²) in [6.07, 6.45) is 8.31. The van der Waals surface area contributed by atoms with Gasteiger partial charge in [-0.25, -0.2) is 0 Å². The molecule has 22 heavy (non-hydrogen) atoms. The zero-order valence-corrected chi connectivity index (χ0v) is 14.6. The predicted octanol–water partition coefficient (Wildman–Crippen LogP) is 4.54. The van der Waals surface area contributed by atoms with Gasteiger partial charge in [-0.1, -0.05) is 20.3 Å². The van der Waals surface area contributed by atoms with Gasteiger partial charge in [-0.2, -0.15) is 0 Å². The summed E-state index contributed by atoms with van der Waals surface area (Å²) in [6.45, 7) is 7.98. The van der Waals surface area contributed by atoms with Gasteiger partial charge >= 0.3 is 5.97 Å². The normalized spacial score (nSPS) is 38.1. The van der Waals surface area contributed by atoms with Crippen molar-refractivity contribution in [2.45, 2.75) is 85.0 Å². The number of ether oxygens (including phenoxy) is 2. The highest BCUT2D eigenvalue weighted by molar-refractivity contribution is 5.76. The minimum Gasteiger partial charge on any atom is -0.436 e. The molecule has 0 heterocycles. The number of rotatable bonds is 6. The van der Waals surface area contributed by atoms with E-state index >= 15 is 0 Å². The summed E-state index contributed by atoms with van der Waals surface area (Å²) in [7, 11) is 0. The molecule has 6 unspecified atom stereocenters. The predicted molar refractivity (Wildman–Crippen MR) is 86.2 cm³/mol. The van der Waals surface area contributed by atoms with Gasteiger partial charge in [0, 0.05) is 0 Å². The molecule has 0 amide bonds. The Balaban J connectivity index is 1.53. The Kier molecular flexibility index (Phi) is 4.55. The summed E-state index contributed by atoms with van der Waals surface area (Å²) >= 11 is 0. The Hall–Kier alpha value is -0.570. The molecule has 3 nitrogen and oxygen atoms in total. The highest BCUT2D eigenvalue weighted by Gasteiger charge is 2.54. The number of hydrogen-bond donors (Lipinski definition) is 0. The molecule has 6 atom stereocenters. The van der Waals surface area contributed by atoms with E-state index in [9.17, 15) is 4.79 Å². The van der Waals surface area contributed by atoms with Crippen molar-refractivity contribution in [1.82, 2.24) is 0 Å². The Bertz CT molecular complexity index is 415. The molecule has 0 saturated heterocycles. The second-order valence-corrected chi connectivity index (χ2v) is 8.07. The number of fused-ring (bicyclic) bond motifs is 5. The standard InChI is InChI=1S/C19H32O3/c1-5-19(4,6-2)18(20)22-12(3)21-17-11-13-10-16(17)15-9-7-8-14(13)15/h12-17H,5-11H2,1-4H3. The van der Waals surface area contributed by atoms with E-state index in [1.807, 2.05) is 27.7 Å². The molecule has 0 N–H and O–H groups in total. The van der Waals surface area contributed by atoms with Crippen LogP contribution in [0.2, 0.25) is 0 Å². The summed E-state index contributed by atoms with van der Waals surface area (Å²) in [5, 5.41) is 0. The van der Waals surface area contributed by atoms with E-state index in [2.05, 4.69) is 0 Å². The first kappa shape index (κ1) is 16.3. The maximum atomic E-state index is 12.4. The van der Waals surface area contributed by atoms with E-state index in [4.69, 9.17) is 9.47 Å². The van der Waals surface area contributed by atoms with Crippen molar-refractivity contribution in [3.8, 4) is 0 Å². The van der Waals surface area contributed by atoms with Gasteiger partial charge in [0.25, 0.3) is 0 Å². The largest absolute Gasteiger partial charge is 0.436 e. The monoisotopic (exact) mass is 308 g/mol. The molecule has 0 aromatic carbocycles. The van der Waals surface area contributed by atoms with Crippen LogP contribution < -0.4 is 0 Å². The first-order chi connectivity index (χ1) is 10.5. The molecule has 0 aromatic heterocycles. The molecular formula is C19H32O3. The van der Waals surface area contributed by atoms with Crippen molar-refractivity contribution in [3.63, 3.8) is 0 Å². The van der Waals surface area contributed by atoms with Gasteiger partial charge < -0.3 is 9.47 Å². The number of carbonyl (C=O) groups is 1. The quantitative estimate of drug-likeness (QED) is 0.533. The van der Waals surface area contributed by atoms with Gasteiger partial charge in [-0.05, 0) is 76.0 Å². The first-order valence-corrected chi connectivity index (χ1v) is 9.35. The summed E-state index contributed by atoms with van der Waals surface area (Å²) < 4.78 is 11.8. The van der Waals surface area contributed by atoms with Crippen molar-refractivity contribution < 1.29 is 14.3 Å². The molecule has 3 aliphatic rings. The molecule has 0 spiro atoms. The van der Waals surface area contributed by atoms with Gasteiger partial charge in [0.2, 0.25) is 0 Å². The van der Waals surface area contributed by atoms with Crippen LogP contribution >= 0.6 is 0 Å². The van der Waals surface area contributed by atoms with Crippen molar-refractivity contribution >= 4 is 5.97 Å². The average Bonchev–Trinajstić information content (AvgIpc) is 3.18. The van der Waals surface area contributed by atoms with Crippen molar-refractivity contribution in [3.05, 3.63) is 0 Å². The highest BCUT2D eigenvalue weighted by Crippen LogP contribution is 2.59. The molecule has 3 aliphatic carbocycles. The highest BCUT2D eigenvalue weighted by atomic mass is 16.7. The van der Waals surface area contributed by atoms with Gasteiger partial charge in [-0.3, -0.25) is 4.79 Å². The molecule has 3 saturated carbocycles. The van der Waals surface area contributed by atoms with Crippen molar-refractivity contribution in [2.75, 3.05) is 0 Å². The van der Waals surface area contributed by atoms with E-state index in [0.29, 0.717) is 6.10 Å². The fourth-order valence-corrected chi connectivity index (χ4v) is 5.27. The first-order valence-electron chi connectivity index (χ1n) is 9.35. The second kappa shape index (κ2) is 6.14. The topological polar surface area (TPSA) is 35.5 Å². The summed E-state index contributed by atoms with van der Waals surface area (Å²) in [5.41, 5.74) is -0.372. The third kappa shape index (κ3) is 2.70. The zero-order valence-electron chi connectivity index (χ0n) is 14.6. The maximum Gasteiger partial charge on any atom is 0.314 e. The second-order valence-electron chi connectivity index (χ2n) is 8.07. The van der Waals surface area contributed by atoms with Crippen LogP contribution in [0.4, 0.5) is 0 Å². The molecule has 0 radical (unpaired) electrons. The molecule has 3 fully saturated rings. The van der Waals surface area contributed by atoms with Gasteiger partial charge in [0.05, 0.1) is 11.5 Å². The van der Waals surface area contributed by atoms with Gasteiger partial charge in [-0.15, -0.1) is 0 Å². The molecule has 0 aliphatic heterocycles. The number of esters is 1. The van der Waals surface area contributed by atoms with Crippen LogP contribution in [-0.2, 0) is 14.3 Å². The van der Waals surface area contributed by atoms with Crippen LogP contribution in [-0.4, -0.2) is 18.4 Å². The Labute approximate surface area is 135 Å². The average molecular weight is 308 g/mol. The van der Waals surface area contributed by atoms with E-state index in [1.54, 1.807) is 0 Å². The van der Waals surface area contributed by atoms with E-state index in [0.717, 1.165) is 36.5 Å². The molecule has 126 valence electrons. The van der Waals surface area contributed by atoms with Crippen LogP contribution in [0.1, 0.15) is 72.6 Å². The Morgan fingerprint density at radius 2 is 1.82 bits per heavy atom. The minimum atomic E-state index is -0.408. The van der Waals surface area contributed by atoms with Crippen molar-refractivity contribution in [1.29, 1.82) is 0 Å². The van der Waals surface area contributed by atoms with Crippen LogP contribution in [0.15, 0.2) is 0 Å². The lowest BCUT2D eigenvalue weighted by Gasteiger charge is -2.34. The van der Waals surface area contributed by atoms with Gasteiger partial charge in [0.15, 0.2) is 6.29 Å². The molecule has 3 heteroatoms. The number of hydrogen-bond acceptors (Lipinski definition) is 3. The van der Waals surface area contributed by atoms with Crippen LogP contribution in [0.5, 0.6) is 0 Å². The fraction of sp³-hybridized carbons (Fsp3) is 0.947. The molecular weight excluding hydrogens is 276 g/mol. The smallest absolute Gasteiger partial charge is 0.314 e. The summed E-state index contributed by atoms with van der Waals surface area (Å²) in [4.78, 5) is 12.4. The maximum absolute atomic E-state index is 12.4.